The molecule has 0 saturated heterocycles. The number of hydrogen-bond acceptors (Lipinski definition) is 7. The first-order valence-electron chi connectivity index (χ1n) is 12.0. The minimum atomic E-state index is -0.746. The highest BCUT2D eigenvalue weighted by atomic mass is 16.4. The number of aryl methyl sites for hydroxylation is 2. The summed E-state index contributed by atoms with van der Waals surface area (Å²) in [6.45, 7) is 1.97. The van der Waals surface area contributed by atoms with Gasteiger partial charge in [0.2, 0.25) is 5.95 Å². The minimum absolute atomic E-state index is 0.158. The molecule has 4 aliphatic carbocycles. The largest absolute Gasteiger partial charge is 0.481 e. The monoisotopic (exact) mass is 474 g/mol. The Hall–Kier alpha value is -3.76. The number of hydrogen-bond donors (Lipinski definition) is 2. The highest BCUT2D eigenvalue weighted by Gasteiger charge is 2.62. The number of carbonyl (C=O) groups is 1. The molecule has 0 amide bonds. The topological polar surface area (TPSA) is 132 Å². The van der Waals surface area contributed by atoms with Crippen LogP contribution in [0.1, 0.15) is 44.1 Å². The SMILES string of the molecule is Cc1cc2ncnn2cc1Nc1ncc2c(n1)n(C13CC4CC(CC(C(=O)O)(C4)C1)C3)c(=O)n2C. The quantitative estimate of drug-likeness (QED) is 0.461. The Labute approximate surface area is 199 Å². The second-order valence-electron chi connectivity index (χ2n) is 10.9. The first-order valence-corrected chi connectivity index (χ1v) is 12.0. The highest BCUT2D eigenvalue weighted by molar-refractivity contribution is 5.77. The number of rotatable bonds is 4. The summed E-state index contributed by atoms with van der Waals surface area (Å²) in [6.07, 6.45) is 9.62. The van der Waals surface area contributed by atoms with E-state index in [0.29, 0.717) is 48.2 Å². The van der Waals surface area contributed by atoms with Gasteiger partial charge in [0.05, 0.1) is 29.0 Å². The van der Waals surface area contributed by atoms with Gasteiger partial charge < -0.3 is 10.4 Å². The zero-order valence-electron chi connectivity index (χ0n) is 19.6. The van der Waals surface area contributed by atoms with Crippen LogP contribution in [0, 0.1) is 24.2 Å². The van der Waals surface area contributed by atoms with E-state index >= 15 is 0 Å². The number of carboxylic acid groups (broad SMARTS) is 1. The molecule has 4 saturated carbocycles. The second-order valence-corrected chi connectivity index (χ2v) is 10.9. The summed E-state index contributed by atoms with van der Waals surface area (Å²) in [4.78, 5) is 39.5. The van der Waals surface area contributed by atoms with Gasteiger partial charge in [0.1, 0.15) is 11.8 Å². The van der Waals surface area contributed by atoms with Gasteiger partial charge in [-0.2, -0.15) is 10.1 Å². The number of anilines is 2. The van der Waals surface area contributed by atoms with Gasteiger partial charge >= 0.3 is 11.7 Å². The van der Waals surface area contributed by atoms with Crippen molar-refractivity contribution >= 4 is 34.4 Å². The van der Waals surface area contributed by atoms with Crippen LogP contribution in [0.25, 0.3) is 16.8 Å². The van der Waals surface area contributed by atoms with Crippen LogP contribution in [0.15, 0.2) is 29.6 Å². The third kappa shape index (κ3) is 2.77. The Morgan fingerprint density at radius 2 is 1.97 bits per heavy atom. The fraction of sp³-hybridized carbons (Fsp3) is 0.500. The van der Waals surface area contributed by atoms with Crippen molar-refractivity contribution in [2.24, 2.45) is 24.3 Å². The molecule has 4 heterocycles. The van der Waals surface area contributed by atoms with Crippen LogP contribution in [-0.2, 0) is 17.4 Å². The molecule has 0 aliphatic heterocycles. The molecule has 4 bridgehead atoms. The molecule has 2 N–H and O–H groups in total. The first kappa shape index (κ1) is 20.6. The van der Waals surface area contributed by atoms with Gasteiger partial charge in [-0.1, -0.05) is 0 Å². The van der Waals surface area contributed by atoms with E-state index in [1.165, 1.54) is 6.33 Å². The summed E-state index contributed by atoms with van der Waals surface area (Å²) >= 11 is 0. The summed E-state index contributed by atoms with van der Waals surface area (Å²) in [5.41, 5.74) is 2.26. The van der Waals surface area contributed by atoms with Crippen LogP contribution < -0.4 is 11.0 Å². The molecule has 180 valence electrons. The maximum atomic E-state index is 13.6. The number of imidazole rings is 1. The van der Waals surface area contributed by atoms with E-state index < -0.39 is 16.9 Å². The van der Waals surface area contributed by atoms with Crippen molar-refractivity contribution < 1.29 is 9.90 Å². The van der Waals surface area contributed by atoms with Crippen molar-refractivity contribution in [1.82, 2.24) is 33.7 Å². The van der Waals surface area contributed by atoms with E-state index in [9.17, 15) is 14.7 Å². The van der Waals surface area contributed by atoms with Crippen molar-refractivity contribution in [2.45, 2.75) is 51.0 Å². The predicted molar refractivity (Wildman–Crippen MR) is 127 cm³/mol. The van der Waals surface area contributed by atoms with Gasteiger partial charge in [-0.15, -0.1) is 0 Å². The van der Waals surface area contributed by atoms with Gasteiger partial charge in [-0.05, 0) is 68.9 Å². The van der Waals surface area contributed by atoms with Gasteiger partial charge in [0.15, 0.2) is 11.3 Å². The zero-order chi connectivity index (χ0) is 24.1. The van der Waals surface area contributed by atoms with Crippen molar-refractivity contribution in [3.05, 3.63) is 40.8 Å². The molecule has 35 heavy (non-hydrogen) atoms. The maximum absolute atomic E-state index is 13.6. The van der Waals surface area contributed by atoms with Gasteiger partial charge in [-0.3, -0.25) is 13.9 Å². The molecule has 11 heteroatoms. The number of carboxylic acids is 1. The Kier molecular flexibility index (Phi) is 3.93. The average Bonchev–Trinajstić information content (AvgIpc) is 3.34. The van der Waals surface area contributed by atoms with Crippen molar-refractivity contribution in [1.29, 1.82) is 0 Å². The first-order chi connectivity index (χ1) is 16.8. The second kappa shape index (κ2) is 6.67. The minimum Gasteiger partial charge on any atom is -0.481 e. The number of pyridine rings is 1. The Morgan fingerprint density at radius 1 is 1.20 bits per heavy atom. The number of fused-ring (bicyclic) bond motifs is 2. The summed E-state index contributed by atoms with van der Waals surface area (Å²) in [6, 6.07) is 1.92. The lowest BCUT2D eigenvalue weighted by Crippen LogP contribution is -2.60. The third-order valence-corrected chi connectivity index (χ3v) is 8.63. The fourth-order valence-electron chi connectivity index (χ4n) is 7.53. The summed E-state index contributed by atoms with van der Waals surface area (Å²) in [5, 5.41) is 17.6. The van der Waals surface area contributed by atoms with Crippen molar-refractivity contribution in [3.63, 3.8) is 0 Å². The van der Waals surface area contributed by atoms with Crippen molar-refractivity contribution in [3.8, 4) is 0 Å². The Bertz CT molecular complexity index is 1580. The molecule has 0 radical (unpaired) electrons. The molecule has 0 spiro atoms. The molecule has 4 aromatic heterocycles. The average molecular weight is 475 g/mol. The van der Waals surface area contributed by atoms with E-state index in [2.05, 4.69) is 20.4 Å². The lowest BCUT2D eigenvalue weighted by atomic mass is 9.46. The molecule has 0 aromatic carbocycles. The molecular formula is C24H26N8O3. The zero-order valence-corrected chi connectivity index (χ0v) is 19.6. The van der Waals surface area contributed by atoms with Gasteiger partial charge in [0.25, 0.3) is 0 Å². The lowest BCUT2D eigenvalue weighted by Gasteiger charge is -2.60. The molecule has 2 unspecified atom stereocenters. The molecule has 4 fully saturated rings. The molecule has 8 rings (SSSR count). The summed E-state index contributed by atoms with van der Waals surface area (Å²) in [5.74, 6) is 0.300. The van der Waals surface area contributed by atoms with E-state index in [4.69, 9.17) is 4.98 Å². The predicted octanol–water partition coefficient (Wildman–Crippen LogP) is 2.60. The van der Waals surface area contributed by atoms with Gasteiger partial charge in [-0.25, -0.2) is 19.3 Å². The van der Waals surface area contributed by atoms with Crippen LogP contribution >= 0.6 is 0 Å². The number of nitrogens with one attached hydrogen (secondary N) is 1. The van der Waals surface area contributed by atoms with Crippen LogP contribution in [0.4, 0.5) is 11.6 Å². The maximum Gasteiger partial charge on any atom is 0.330 e. The Balaban J connectivity index is 1.36. The highest BCUT2D eigenvalue weighted by Crippen LogP contribution is 2.64. The molecule has 4 aliphatic rings. The number of nitrogens with zero attached hydrogens (tertiary/aromatic N) is 7. The van der Waals surface area contributed by atoms with E-state index in [1.807, 2.05) is 19.2 Å². The van der Waals surface area contributed by atoms with Crippen LogP contribution in [0.5, 0.6) is 0 Å². The smallest absolute Gasteiger partial charge is 0.330 e. The molecule has 4 aromatic rings. The third-order valence-electron chi connectivity index (χ3n) is 8.63. The molecular weight excluding hydrogens is 448 g/mol. The van der Waals surface area contributed by atoms with E-state index in [1.54, 1.807) is 26.9 Å². The van der Waals surface area contributed by atoms with Crippen LogP contribution in [-0.4, -0.2) is 44.8 Å². The van der Waals surface area contributed by atoms with Crippen LogP contribution in [0.3, 0.4) is 0 Å². The number of aliphatic carboxylic acids is 1. The van der Waals surface area contributed by atoms with E-state index in [-0.39, 0.29) is 5.69 Å². The molecule has 11 nitrogen and oxygen atoms in total. The normalized spacial score (nSPS) is 29.3. The molecule has 2 atom stereocenters. The van der Waals surface area contributed by atoms with Crippen LogP contribution in [0.2, 0.25) is 0 Å². The fourth-order valence-corrected chi connectivity index (χ4v) is 7.53. The van der Waals surface area contributed by atoms with E-state index in [0.717, 1.165) is 36.2 Å². The van der Waals surface area contributed by atoms with Gasteiger partial charge in [0, 0.05) is 7.05 Å². The number of aromatic nitrogens is 7. The summed E-state index contributed by atoms with van der Waals surface area (Å²) < 4.78 is 5.06. The standard InChI is InChI=1S/C24H26N8O3/c1-13-3-18-26-12-27-31(18)10-16(13)28-21-25-9-17-19(29-21)32(22(35)30(17)2)24-7-14-4-15(8-24)6-23(5-14,11-24)20(33)34/h3,9-10,12,14-15H,4-8,11H2,1-2H3,(H,33,34)(H,25,28,29). The van der Waals surface area contributed by atoms with Crippen molar-refractivity contribution in [2.75, 3.05) is 5.32 Å². The Morgan fingerprint density at radius 3 is 2.71 bits per heavy atom. The lowest BCUT2D eigenvalue weighted by molar-refractivity contribution is -0.172. The summed E-state index contributed by atoms with van der Waals surface area (Å²) in [7, 11) is 1.73.